The standard InChI is InChI=1S/C13H12O2/c14-13-10-15-9-11-7-5-3-1-2-4-6-8-12(11)13/h1-8H,9-10H2. The molecule has 1 aromatic carbocycles. The van der Waals surface area contributed by atoms with E-state index in [2.05, 4.69) is 0 Å². The highest BCUT2D eigenvalue weighted by Gasteiger charge is 2.14. The van der Waals surface area contributed by atoms with Gasteiger partial charge in [0.2, 0.25) is 0 Å². The number of ether oxygens (including phenoxy) is 1. The molecular formula is C13H12O2. The summed E-state index contributed by atoms with van der Waals surface area (Å²) in [4.78, 5) is 11.6. The topological polar surface area (TPSA) is 26.3 Å². The minimum Gasteiger partial charge on any atom is -0.369 e. The fraction of sp³-hybridized carbons (Fsp3) is 0.154. The number of Topliss-reactive ketones (excluding diaryl/α,β-unsaturated/α-hetero) is 1. The number of carbonyl (C=O) groups is 1. The molecule has 0 unspecified atom stereocenters. The maximum atomic E-state index is 11.6. The van der Waals surface area contributed by atoms with E-state index in [0.717, 1.165) is 11.1 Å². The highest BCUT2D eigenvalue weighted by atomic mass is 16.5. The molecule has 0 bridgehead atoms. The lowest BCUT2D eigenvalue weighted by Gasteiger charge is -2.12. The van der Waals surface area contributed by atoms with Crippen molar-refractivity contribution in [2.45, 2.75) is 6.61 Å². The lowest BCUT2D eigenvalue weighted by atomic mass is 10.0. The Hall–Kier alpha value is -1.67. The molecule has 0 spiro atoms. The summed E-state index contributed by atoms with van der Waals surface area (Å²) in [5.41, 5.74) is 1.71. The van der Waals surface area contributed by atoms with E-state index in [4.69, 9.17) is 4.74 Å². The first kappa shape index (κ1) is 9.87. The van der Waals surface area contributed by atoms with Crippen molar-refractivity contribution in [2.75, 3.05) is 6.61 Å². The second kappa shape index (κ2) is 4.71. The second-order valence-corrected chi connectivity index (χ2v) is 3.34. The van der Waals surface area contributed by atoms with Gasteiger partial charge in [0.15, 0.2) is 5.78 Å². The lowest BCUT2D eigenvalue weighted by molar-refractivity contribution is 0.0666. The molecule has 0 radical (unpaired) electrons. The number of rotatable bonds is 0. The molecule has 0 saturated carbocycles. The van der Waals surface area contributed by atoms with Crippen molar-refractivity contribution in [1.29, 1.82) is 0 Å². The first-order valence-corrected chi connectivity index (χ1v) is 4.90. The van der Waals surface area contributed by atoms with E-state index in [9.17, 15) is 4.79 Å². The maximum Gasteiger partial charge on any atom is 0.188 e. The highest BCUT2D eigenvalue weighted by molar-refractivity contribution is 5.98. The third-order valence-electron chi connectivity index (χ3n) is 2.25. The van der Waals surface area contributed by atoms with Gasteiger partial charge in [-0.1, -0.05) is 48.5 Å². The molecule has 1 heterocycles. The predicted molar refractivity (Wildman–Crippen MR) is 58.1 cm³/mol. The van der Waals surface area contributed by atoms with Gasteiger partial charge in [-0.3, -0.25) is 4.79 Å². The van der Waals surface area contributed by atoms with Crippen LogP contribution >= 0.6 is 0 Å². The Morgan fingerprint density at radius 3 is 2.33 bits per heavy atom. The average molecular weight is 200 g/mol. The number of hydrogen-bond acceptors (Lipinski definition) is 2. The fourth-order valence-corrected chi connectivity index (χ4v) is 1.51. The van der Waals surface area contributed by atoms with Crippen LogP contribution < -0.4 is 0 Å². The largest absolute Gasteiger partial charge is 0.369 e. The molecule has 0 aromatic heterocycles. The molecular weight excluding hydrogens is 188 g/mol. The Bertz CT molecular complexity index is 423. The molecule has 2 rings (SSSR count). The summed E-state index contributed by atoms with van der Waals surface area (Å²) in [6.45, 7) is 0.704. The molecule has 15 heavy (non-hydrogen) atoms. The zero-order valence-electron chi connectivity index (χ0n) is 8.35. The van der Waals surface area contributed by atoms with Crippen molar-refractivity contribution in [3.63, 3.8) is 0 Å². The summed E-state index contributed by atoms with van der Waals surface area (Å²) in [7, 11) is 0. The summed E-state index contributed by atoms with van der Waals surface area (Å²) < 4.78 is 5.18. The Balaban J connectivity index is 2.59. The molecule has 1 aliphatic heterocycles. The smallest absolute Gasteiger partial charge is 0.188 e. The fourth-order valence-electron chi connectivity index (χ4n) is 1.51. The van der Waals surface area contributed by atoms with Crippen LogP contribution in [0.1, 0.15) is 15.9 Å². The third kappa shape index (κ3) is 2.42. The highest BCUT2D eigenvalue weighted by Crippen LogP contribution is 2.13. The minimum atomic E-state index is 0.0510. The lowest BCUT2D eigenvalue weighted by Crippen LogP contribution is -2.16. The van der Waals surface area contributed by atoms with Gasteiger partial charge in [-0.2, -0.15) is 0 Å². The maximum absolute atomic E-state index is 11.6. The van der Waals surface area contributed by atoms with Gasteiger partial charge in [-0.05, 0) is 5.56 Å². The Morgan fingerprint density at radius 1 is 0.867 bits per heavy atom. The number of hydrogen-bond donors (Lipinski definition) is 0. The van der Waals surface area contributed by atoms with Crippen LogP contribution in [-0.2, 0) is 11.3 Å². The van der Waals surface area contributed by atoms with E-state index in [1.54, 1.807) is 0 Å². The van der Waals surface area contributed by atoms with Crippen LogP contribution in [0.5, 0.6) is 0 Å². The van der Waals surface area contributed by atoms with E-state index in [0.29, 0.717) is 6.61 Å². The van der Waals surface area contributed by atoms with E-state index < -0.39 is 0 Å². The molecule has 1 aliphatic rings. The van der Waals surface area contributed by atoms with Crippen LogP contribution in [0.3, 0.4) is 0 Å². The summed E-state index contributed by atoms with van der Waals surface area (Å²) >= 11 is 0. The first-order valence-electron chi connectivity index (χ1n) is 4.90. The normalized spacial score (nSPS) is 14.0. The molecule has 2 heteroatoms. The molecule has 0 atom stereocenters. The SMILES string of the molecule is O=C1COCc2ccccccccc21. The number of carbonyl (C=O) groups excluding carboxylic acids is 1. The molecule has 0 N–H and O–H groups in total. The molecule has 0 amide bonds. The van der Waals surface area contributed by atoms with Crippen molar-refractivity contribution in [3.05, 3.63) is 59.7 Å². The van der Waals surface area contributed by atoms with Crippen LogP contribution in [0.15, 0.2) is 48.5 Å². The molecule has 0 fully saturated rings. The molecule has 76 valence electrons. The van der Waals surface area contributed by atoms with Crippen molar-refractivity contribution in [2.24, 2.45) is 0 Å². The van der Waals surface area contributed by atoms with Crippen molar-refractivity contribution in [3.8, 4) is 0 Å². The number of ketones is 1. The summed E-state index contributed by atoms with van der Waals surface area (Å²) in [5, 5.41) is 0. The van der Waals surface area contributed by atoms with Gasteiger partial charge in [0.25, 0.3) is 0 Å². The summed E-state index contributed by atoms with van der Waals surface area (Å²) in [6.07, 6.45) is 0. The number of fused-ring (bicyclic) bond motifs is 1. The van der Waals surface area contributed by atoms with Crippen molar-refractivity contribution < 1.29 is 9.53 Å². The monoisotopic (exact) mass is 200 g/mol. The van der Waals surface area contributed by atoms with E-state index in [1.165, 1.54) is 0 Å². The van der Waals surface area contributed by atoms with Crippen LogP contribution in [-0.4, -0.2) is 12.4 Å². The minimum absolute atomic E-state index is 0.0510. The third-order valence-corrected chi connectivity index (χ3v) is 2.25. The van der Waals surface area contributed by atoms with Gasteiger partial charge in [0.05, 0.1) is 6.61 Å². The average Bonchev–Trinajstić information content (AvgIpc) is 2.26. The van der Waals surface area contributed by atoms with E-state index in [-0.39, 0.29) is 12.4 Å². The van der Waals surface area contributed by atoms with Gasteiger partial charge >= 0.3 is 0 Å². The summed E-state index contributed by atoms with van der Waals surface area (Å²) in [6, 6.07) is 15.3. The van der Waals surface area contributed by atoms with Gasteiger partial charge in [-0.25, -0.2) is 0 Å². The van der Waals surface area contributed by atoms with Crippen molar-refractivity contribution in [1.82, 2.24) is 0 Å². The molecule has 0 aliphatic carbocycles. The first-order chi connectivity index (χ1) is 7.38. The second-order valence-electron chi connectivity index (χ2n) is 3.34. The van der Waals surface area contributed by atoms with Gasteiger partial charge in [0.1, 0.15) is 6.61 Å². The summed E-state index contributed by atoms with van der Waals surface area (Å²) in [5.74, 6) is 0.0510. The van der Waals surface area contributed by atoms with Crippen molar-refractivity contribution >= 4 is 5.78 Å². The predicted octanol–water partition coefficient (Wildman–Crippen LogP) is 2.52. The Kier molecular flexibility index (Phi) is 3.10. The van der Waals surface area contributed by atoms with Gasteiger partial charge in [-0.15, -0.1) is 0 Å². The van der Waals surface area contributed by atoms with Gasteiger partial charge < -0.3 is 4.74 Å². The van der Waals surface area contributed by atoms with Crippen LogP contribution in [0.25, 0.3) is 0 Å². The van der Waals surface area contributed by atoms with Gasteiger partial charge in [0, 0.05) is 5.56 Å². The Labute approximate surface area is 88.8 Å². The zero-order valence-corrected chi connectivity index (χ0v) is 8.35. The molecule has 0 saturated heterocycles. The van der Waals surface area contributed by atoms with Crippen LogP contribution in [0, 0.1) is 0 Å². The Morgan fingerprint density at radius 2 is 1.53 bits per heavy atom. The zero-order chi connectivity index (χ0) is 10.5. The molecule has 2 nitrogen and oxygen atoms in total. The molecule has 1 aromatic rings. The van der Waals surface area contributed by atoms with E-state index >= 15 is 0 Å². The van der Waals surface area contributed by atoms with Crippen LogP contribution in [0.2, 0.25) is 0 Å². The quantitative estimate of drug-likeness (QED) is 0.643. The van der Waals surface area contributed by atoms with Crippen LogP contribution in [0.4, 0.5) is 0 Å². The van der Waals surface area contributed by atoms with E-state index in [1.807, 2.05) is 48.5 Å².